The van der Waals surface area contributed by atoms with Crippen molar-refractivity contribution in [2.24, 2.45) is 0 Å². The molecule has 22 nitrogen and oxygen atoms in total. The van der Waals surface area contributed by atoms with E-state index >= 15 is 0 Å². The van der Waals surface area contributed by atoms with E-state index in [0.29, 0.717) is 108 Å². The van der Waals surface area contributed by atoms with Gasteiger partial charge in [-0.1, -0.05) is 12.1 Å². The molecule has 0 unspecified atom stereocenters. The number of hydrogen-bond donors (Lipinski definition) is 0. The largest absolute Gasteiger partial charge is 0.494 e. The average molecular weight is 1100 g/mol. The topological polar surface area (TPSA) is 262 Å². The van der Waals surface area contributed by atoms with Gasteiger partial charge in [0.2, 0.25) is 0 Å². The Balaban J connectivity index is 0.000000190. The molecule has 0 radical (unpaired) electrons. The summed E-state index contributed by atoms with van der Waals surface area (Å²) in [5.74, 6) is 3.07. The first-order chi connectivity index (χ1) is 37.6. The fourth-order valence-electron chi connectivity index (χ4n) is 9.52. The lowest BCUT2D eigenvalue weighted by atomic mass is 10.1. The monoisotopic (exact) mass is 1100 g/mol. The third kappa shape index (κ3) is 11.7. The standard InChI is InChI=1S/2C27H30N6O5S/c2*1-17-11-19(15-28-12-17)27-32-31-23(33(27)24-20(36-3)7-5-8-21(24)37-4)16-39(34,35)22-9-6-10-38-25(22)26-29-13-18(2)14-30-26/h2*5,7-8,11-15,22,25H,6,9-10,16H2,1-4H3/t2*22-,25+/m10/s1. The number of aryl methyl sites for hydroxylation is 4. The molecule has 2 aromatic carbocycles. The van der Waals surface area contributed by atoms with Crippen LogP contribution in [0, 0.1) is 27.7 Å². The van der Waals surface area contributed by atoms with Crippen LogP contribution >= 0.6 is 0 Å². The maximum atomic E-state index is 14.0. The predicted octanol–water partition coefficient (Wildman–Crippen LogP) is 7.18. The third-order valence-electron chi connectivity index (χ3n) is 13.2. The molecule has 2 aliphatic heterocycles. The van der Waals surface area contributed by atoms with Crippen LogP contribution in [0.2, 0.25) is 0 Å². The Hall–Kier alpha value is -7.80. The van der Waals surface area contributed by atoms with Crippen LogP contribution in [-0.4, -0.2) is 128 Å². The molecule has 4 atom stereocenters. The van der Waals surface area contributed by atoms with Crippen molar-refractivity contribution >= 4 is 19.7 Å². The van der Waals surface area contributed by atoms with Crippen LogP contribution in [0.1, 0.15) is 83.4 Å². The summed E-state index contributed by atoms with van der Waals surface area (Å²) in [6, 6.07) is 14.5. The van der Waals surface area contributed by atoms with Gasteiger partial charge in [0, 0.05) is 73.9 Å². The Bertz CT molecular complexity index is 3340. The highest BCUT2D eigenvalue weighted by atomic mass is 32.2. The number of aromatic nitrogens is 12. The molecule has 2 saturated heterocycles. The lowest BCUT2D eigenvalue weighted by Crippen LogP contribution is -2.36. The zero-order chi connectivity index (χ0) is 55.1. The Kier molecular flexibility index (Phi) is 16.8. The Morgan fingerprint density at radius 3 is 1.19 bits per heavy atom. The van der Waals surface area contributed by atoms with E-state index in [0.717, 1.165) is 22.3 Å². The molecule has 78 heavy (non-hydrogen) atoms. The summed E-state index contributed by atoms with van der Waals surface area (Å²) >= 11 is 0. The molecule has 0 aliphatic carbocycles. The number of nitrogens with zero attached hydrogens (tertiary/aromatic N) is 12. The molecule has 6 aromatic heterocycles. The number of ether oxygens (including phenoxy) is 6. The molecule has 0 saturated carbocycles. The molecule has 10 rings (SSSR count). The van der Waals surface area contributed by atoms with E-state index < -0.39 is 53.9 Å². The van der Waals surface area contributed by atoms with Gasteiger partial charge in [0.1, 0.15) is 58.1 Å². The molecule has 2 fully saturated rings. The highest BCUT2D eigenvalue weighted by Gasteiger charge is 2.42. The zero-order valence-corrected chi connectivity index (χ0v) is 46.1. The highest BCUT2D eigenvalue weighted by molar-refractivity contribution is 7.91. The lowest BCUT2D eigenvalue weighted by Gasteiger charge is -2.30. The van der Waals surface area contributed by atoms with E-state index in [2.05, 4.69) is 50.3 Å². The van der Waals surface area contributed by atoms with Gasteiger partial charge in [-0.05, 0) is 112 Å². The third-order valence-corrected chi connectivity index (χ3v) is 17.3. The summed E-state index contributed by atoms with van der Waals surface area (Å²) in [6.45, 7) is 8.46. The molecule has 0 spiro atoms. The number of para-hydroxylation sites is 2. The van der Waals surface area contributed by atoms with Crippen LogP contribution in [0.3, 0.4) is 0 Å². The fraction of sp³-hybridized carbons (Fsp3) is 0.370. The van der Waals surface area contributed by atoms with Crippen molar-refractivity contribution in [3.63, 3.8) is 0 Å². The minimum atomic E-state index is -3.82. The van der Waals surface area contributed by atoms with Crippen LogP contribution in [0.15, 0.2) is 98.1 Å². The van der Waals surface area contributed by atoms with E-state index in [4.69, 9.17) is 28.4 Å². The first-order valence-electron chi connectivity index (χ1n) is 25.0. The Labute approximate surface area is 452 Å². The second kappa shape index (κ2) is 23.8. The van der Waals surface area contributed by atoms with Crippen molar-refractivity contribution in [3.05, 3.63) is 144 Å². The van der Waals surface area contributed by atoms with Gasteiger partial charge < -0.3 is 28.4 Å². The van der Waals surface area contributed by atoms with Gasteiger partial charge in [-0.25, -0.2) is 36.8 Å². The quantitative estimate of drug-likeness (QED) is 0.0927. The summed E-state index contributed by atoms with van der Waals surface area (Å²) in [5, 5.41) is 15.9. The van der Waals surface area contributed by atoms with Gasteiger partial charge in [0.25, 0.3) is 0 Å². The molecule has 24 heteroatoms. The molecule has 0 amide bonds. The molecule has 8 aromatic rings. The highest BCUT2D eigenvalue weighted by Crippen LogP contribution is 2.41. The van der Waals surface area contributed by atoms with Gasteiger partial charge in [0.05, 0.1) is 38.9 Å². The summed E-state index contributed by atoms with van der Waals surface area (Å²) in [7, 11) is -1.47. The number of pyridine rings is 2. The molecule has 2 aliphatic rings. The van der Waals surface area contributed by atoms with Gasteiger partial charge in [-0.15, -0.1) is 20.4 Å². The van der Waals surface area contributed by atoms with Gasteiger partial charge in [-0.3, -0.25) is 19.1 Å². The SMILES string of the molecule is COc1cccc(OC)c1-n1c(CS(=O)(=O)[C@@H]2CCCO[C@@H]2c2ncc(C)cn2)nnc1-c1cncc(C)c1.COc1cccc(OC)c1-n1c(CS(=O)(=O)[C@H]2CCCO[C@H]2c2ncc(C)cn2)nnc1-c1cncc(C)c1. The second-order valence-electron chi connectivity index (χ2n) is 18.9. The Morgan fingerprint density at radius 2 is 0.859 bits per heavy atom. The maximum absolute atomic E-state index is 14.0. The average Bonchev–Trinajstić information content (AvgIpc) is 4.12. The van der Waals surface area contributed by atoms with Crippen molar-refractivity contribution < 1.29 is 45.3 Å². The van der Waals surface area contributed by atoms with E-state index in [9.17, 15) is 16.8 Å². The van der Waals surface area contributed by atoms with E-state index in [1.165, 1.54) is 0 Å². The van der Waals surface area contributed by atoms with Crippen molar-refractivity contribution in [3.8, 4) is 57.1 Å². The molecule has 8 heterocycles. The van der Waals surface area contributed by atoms with Crippen LogP contribution < -0.4 is 18.9 Å². The normalized spacial score (nSPS) is 17.6. The molecule has 0 N–H and O–H groups in total. The van der Waals surface area contributed by atoms with E-state index in [-0.39, 0.29) is 11.6 Å². The molecular weight excluding hydrogens is 1040 g/mol. The second-order valence-corrected chi connectivity index (χ2v) is 23.3. The summed E-state index contributed by atoms with van der Waals surface area (Å²) < 4.78 is 93.8. The van der Waals surface area contributed by atoms with E-state index in [1.54, 1.807) is 124 Å². The summed E-state index contributed by atoms with van der Waals surface area (Å²) in [4.78, 5) is 26.0. The van der Waals surface area contributed by atoms with Crippen LogP contribution in [0.5, 0.6) is 23.0 Å². The van der Waals surface area contributed by atoms with Gasteiger partial charge >= 0.3 is 0 Å². The van der Waals surface area contributed by atoms with E-state index in [1.807, 2.05) is 39.8 Å². The fourth-order valence-corrected chi connectivity index (χ4v) is 13.2. The molecule has 0 bridgehead atoms. The number of hydrogen-bond acceptors (Lipinski definition) is 20. The number of sulfone groups is 2. The number of benzene rings is 2. The van der Waals surface area contributed by atoms with Crippen LogP contribution in [0.4, 0.5) is 0 Å². The minimum Gasteiger partial charge on any atom is -0.494 e. The predicted molar refractivity (Wildman–Crippen MR) is 287 cm³/mol. The van der Waals surface area contributed by atoms with Crippen molar-refractivity contribution in [2.75, 3.05) is 41.7 Å². The molecule has 408 valence electrons. The van der Waals surface area contributed by atoms with Crippen LogP contribution in [0.25, 0.3) is 34.2 Å². The van der Waals surface area contributed by atoms with Crippen molar-refractivity contribution in [2.45, 2.75) is 87.6 Å². The minimum absolute atomic E-state index is 0.212. The summed E-state index contributed by atoms with van der Waals surface area (Å²) in [5.41, 5.74) is 5.93. The smallest absolute Gasteiger partial charge is 0.170 e. The first-order valence-corrected chi connectivity index (χ1v) is 28.5. The van der Waals surface area contributed by atoms with Crippen molar-refractivity contribution in [1.82, 2.24) is 59.4 Å². The maximum Gasteiger partial charge on any atom is 0.170 e. The first kappa shape index (κ1) is 55.0. The lowest BCUT2D eigenvalue weighted by molar-refractivity contribution is 0.0123. The van der Waals surface area contributed by atoms with Gasteiger partial charge in [-0.2, -0.15) is 0 Å². The number of methoxy groups -OCH3 is 4. The zero-order valence-electron chi connectivity index (χ0n) is 44.5. The number of rotatable bonds is 16. The van der Waals surface area contributed by atoms with Crippen molar-refractivity contribution in [1.29, 1.82) is 0 Å². The molecular formula is C54H60N12O10S2. The Morgan fingerprint density at radius 1 is 0.500 bits per heavy atom. The summed E-state index contributed by atoms with van der Waals surface area (Å²) in [6.07, 6.45) is 14.0. The van der Waals surface area contributed by atoms with Crippen LogP contribution in [-0.2, 0) is 40.7 Å². The van der Waals surface area contributed by atoms with Gasteiger partial charge in [0.15, 0.2) is 54.6 Å².